The predicted molar refractivity (Wildman–Crippen MR) is 96.7 cm³/mol. The second kappa shape index (κ2) is 9.05. The molecular formula is C16H20BrClN2O5. The molecule has 9 heteroatoms. The van der Waals surface area contributed by atoms with E-state index in [-0.39, 0.29) is 6.54 Å². The van der Waals surface area contributed by atoms with Crippen molar-refractivity contribution in [3.8, 4) is 0 Å². The molecule has 0 radical (unpaired) electrons. The highest BCUT2D eigenvalue weighted by Crippen LogP contribution is 2.23. The number of amides is 2. The molecule has 0 fully saturated rings. The molecular weight excluding hydrogens is 416 g/mol. The van der Waals surface area contributed by atoms with Gasteiger partial charge in [0.15, 0.2) is 0 Å². The molecule has 1 rings (SSSR count). The lowest BCUT2D eigenvalue weighted by molar-refractivity contribution is -0.142. The van der Waals surface area contributed by atoms with Crippen LogP contribution < -0.4 is 10.6 Å². The molecule has 25 heavy (non-hydrogen) atoms. The van der Waals surface area contributed by atoms with Crippen LogP contribution in [0.5, 0.6) is 0 Å². The minimum absolute atomic E-state index is 0.168. The van der Waals surface area contributed by atoms with Gasteiger partial charge in [-0.25, -0.2) is 9.59 Å². The lowest BCUT2D eigenvalue weighted by atomic mass is 10.2. The van der Waals surface area contributed by atoms with Crippen LogP contribution in [0.1, 0.15) is 31.1 Å². The van der Waals surface area contributed by atoms with Gasteiger partial charge in [0.1, 0.15) is 11.6 Å². The van der Waals surface area contributed by atoms with Crippen LogP contribution in [0.25, 0.3) is 0 Å². The van der Waals surface area contributed by atoms with E-state index in [9.17, 15) is 14.4 Å². The fraction of sp³-hybridized carbons (Fsp3) is 0.438. The first-order chi connectivity index (χ1) is 11.5. The Labute approximate surface area is 159 Å². The highest BCUT2D eigenvalue weighted by molar-refractivity contribution is 9.10. The van der Waals surface area contributed by atoms with Crippen LogP contribution in [0.4, 0.5) is 4.79 Å². The third kappa shape index (κ3) is 7.31. The van der Waals surface area contributed by atoms with E-state index in [1.54, 1.807) is 32.9 Å². The Morgan fingerprint density at radius 3 is 2.44 bits per heavy atom. The molecule has 0 aromatic heterocycles. The largest absolute Gasteiger partial charge is 0.467 e. The Bertz CT molecular complexity index is 660. The van der Waals surface area contributed by atoms with Crippen molar-refractivity contribution in [2.24, 2.45) is 0 Å². The maximum absolute atomic E-state index is 12.2. The minimum Gasteiger partial charge on any atom is -0.467 e. The van der Waals surface area contributed by atoms with Gasteiger partial charge in [0.05, 0.1) is 12.1 Å². The summed E-state index contributed by atoms with van der Waals surface area (Å²) < 4.78 is 10.4. The lowest BCUT2D eigenvalue weighted by Crippen LogP contribution is -2.50. The maximum atomic E-state index is 12.2. The molecule has 0 bridgehead atoms. The standard InChI is InChI=1S/C16H20BrClN2O5/c1-16(2,3)25-15(23)20-12(14(22)24-4)8-19-13(21)9-5-6-10(17)11(18)7-9/h5-7,12H,8H2,1-4H3,(H,19,21)(H,20,23). The monoisotopic (exact) mass is 434 g/mol. The molecule has 0 saturated carbocycles. The van der Waals surface area contributed by atoms with Crippen LogP contribution in [-0.4, -0.2) is 43.3 Å². The summed E-state index contributed by atoms with van der Waals surface area (Å²) in [6.07, 6.45) is -0.788. The molecule has 0 aliphatic carbocycles. The molecule has 0 saturated heterocycles. The van der Waals surface area contributed by atoms with Gasteiger partial charge in [-0.05, 0) is 54.9 Å². The smallest absolute Gasteiger partial charge is 0.408 e. The number of rotatable bonds is 5. The minimum atomic E-state index is -1.09. The Balaban J connectivity index is 2.72. The molecule has 0 spiro atoms. The summed E-state index contributed by atoms with van der Waals surface area (Å²) in [5.74, 6) is -1.16. The Kier molecular flexibility index (Phi) is 7.69. The number of methoxy groups -OCH3 is 1. The Morgan fingerprint density at radius 2 is 1.92 bits per heavy atom. The zero-order valence-electron chi connectivity index (χ0n) is 14.3. The van der Waals surface area contributed by atoms with Crippen LogP contribution in [0.2, 0.25) is 5.02 Å². The number of nitrogens with one attached hydrogen (secondary N) is 2. The van der Waals surface area contributed by atoms with Crippen LogP contribution >= 0.6 is 27.5 Å². The normalized spacial score (nSPS) is 12.1. The third-order valence-corrected chi connectivity index (χ3v) is 4.06. The Morgan fingerprint density at radius 1 is 1.28 bits per heavy atom. The molecule has 1 aromatic carbocycles. The average molecular weight is 436 g/mol. The summed E-state index contributed by atoms with van der Waals surface area (Å²) in [7, 11) is 1.18. The maximum Gasteiger partial charge on any atom is 0.408 e. The molecule has 1 unspecified atom stereocenters. The van der Waals surface area contributed by atoms with E-state index in [1.165, 1.54) is 13.2 Å². The van der Waals surface area contributed by atoms with E-state index in [0.717, 1.165) is 0 Å². The second-order valence-corrected chi connectivity index (χ2v) is 7.32. The number of carbonyl (C=O) groups is 3. The van der Waals surface area contributed by atoms with E-state index in [0.29, 0.717) is 15.1 Å². The fourth-order valence-corrected chi connectivity index (χ4v) is 2.15. The molecule has 2 N–H and O–H groups in total. The topological polar surface area (TPSA) is 93.7 Å². The van der Waals surface area contributed by atoms with Gasteiger partial charge in [-0.1, -0.05) is 11.6 Å². The van der Waals surface area contributed by atoms with Gasteiger partial charge < -0.3 is 20.1 Å². The highest BCUT2D eigenvalue weighted by atomic mass is 79.9. The number of benzene rings is 1. The summed E-state index contributed by atoms with van der Waals surface area (Å²) in [6.45, 7) is 4.91. The van der Waals surface area contributed by atoms with Gasteiger partial charge in [-0.3, -0.25) is 4.79 Å². The number of esters is 1. The number of hydrogen-bond acceptors (Lipinski definition) is 5. The van der Waals surface area contributed by atoms with Gasteiger partial charge >= 0.3 is 12.1 Å². The van der Waals surface area contributed by atoms with Crippen molar-refractivity contribution in [1.82, 2.24) is 10.6 Å². The van der Waals surface area contributed by atoms with Gasteiger partial charge in [0.25, 0.3) is 5.91 Å². The summed E-state index contributed by atoms with van der Waals surface area (Å²) >= 11 is 9.18. The molecule has 1 atom stereocenters. The summed E-state index contributed by atoms with van der Waals surface area (Å²) in [6, 6.07) is 3.60. The molecule has 138 valence electrons. The predicted octanol–water partition coefficient (Wildman–Crippen LogP) is 2.90. The summed E-state index contributed by atoms with van der Waals surface area (Å²) in [5.41, 5.74) is -0.406. The number of ether oxygens (including phenoxy) is 2. The first kappa shape index (κ1) is 21.2. The van der Waals surface area contributed by atoms with Crippen LogP contribution in [0.15, 0.2) is 22.7 Å². The van der Waals surface area contributed by atoms with Crippen molar-refractivity contribution in [2.75, 3.05) is 13.7 Å². The molecule has 0 aliphatic heterocycles. The SMILES string of the molecule is COC(=O)C(CNC(=O)c1ccc(Br)c(Cl)c1)NC(=O)OC(C)(C)C. The van der Waals surface area contributed by atoms with Crippen molar-refractivity contribution in [3.63, 3.8) is 0 Å². The van der Waals surface area contributed by atoms with E-state index in [4.69, 9.17) is 16.3 Å². The van der Waals surface area contributed by atoms with E-state index < -0.39 is 29.6 Å². The Hall–Kier alpha value is -1.80. The summed E-state index contributed by atoms with van der Waals surface area (Å²) in [5, 5.41) is 5.29. The number of alkyl carbamates (subject to hydrolysis) is 1. The van der Waals surface area contributed by atoms with E-state index in [2.05, 4.69) is 31.3 Å². The zero-order valence-corrected chi connectivity index (χ0v) is 16.7. The molecule has 0 heterocycles. The fourth-order valence-electron chi connectivity index (χ4n) is 1.72. The van der Waals surface area contributed by atoms with Gasteiger partial charge in [-0.15, -0.1) is 0 Å². The summed E-state index contributed by atoms with van der Waals surface area (Å²) in [4.78, 5) is 35.8. The quantitative estimate of drug-likeness (QED) is 0.694. The van der Waals surface area contributed by atoms with E-state index >= 15 is 0 Å². The lowest BCUT2D eigenvalue weighted by Gasteiger charge is -2.22. The van der Waals surface area contributed by atoms with Gasteiger partial charge in [-0.2, -0.15) is 0 Å². The van der Waals surface area contributed by atoms with Crippen molar-refractivity contribution < 1.29 is 23.9 Å². The average Bonchev–Trinajstić information content (AvgIpc) is 2.51. The van der Waals surface area contributed by atoms with Crippen molar-refractivity contribution in [2.45, 2.75) is 32.4 Å². The van der Waals surface area contributed by atoms with Crippen molar-refractivity contribution in [3.05, 3.63) is 33.3 Å². The van der Waals surface area contributed by atoms with Crippen molar-refractivity contribution in [1.29, 1.82) is 0 Å². The second-order valence-electron chi connectivity index (χ2n) is 6.06. The van der Waals surface area contributed by atoms with Gasteiger partial charge in [0.2, 0.25) is 0 Å². The molecule has 7 nitrogen and oxygen atoms in total. The molecule has 1 aromatic rings. The number of halogens is 2. The zero-order chi connectivity index (χ0) is 19.2. The third-order valence-electron chi connectivity index (χ3n) is 2.83. The van der Waals surface area contributed by atoms with Crippen LogP contribution in [-0.2, 0) is 14.3 Å². The van der Waals surface area contributed by atoms with Gasteiger partial charge in [0, 0.05) is 16.6 Å². The molecule has 2 amide bonds. The molecule has 0 aliphatic rings. The van der Waals surface area contributed by atoms with Crippen LogP contribution in [0, 0.1) is 0 Å². The van der Waals surface area contributed by atoms with Crippen LogP contribution in [0.3, 0.4) is 0 Å². The first-order valence-electron chi connectivity index (χ1n) is 7.34. The number of hydrogen-bond donors (Lipinski definition) is 2. The van der Waals surface area contributed by atoms with Crippen molar-refractivity contribution >= 4 is 45.5 Å². The first-order valence-corrected chi connectivity index (χ1v) is 8.51. The number of carbonyl (C=O) groups excluding carboxylic acids is 3. The highest BCUT2D eigenvalue weighted by Gasteiger charge is 2.25. The van der Waals surface area contributed by atoms with E-state index in [1.807, 2.05) is 0 Å².